The van der Waals surface area contributed by atoms with Crippen molar-refractivity contribution in [2.45, 2.75) is 165 Å². The summed E-state index contributed by atoms with van der Waals surface area (Å²) in [6.07, 6.45) is 0.392. The lowest BCUT2D eigenvalue weighted by Gasteiger charge is -2.18. The zero-order chi connectivity index (χ0) is 69.4. The third-order valence-corrected chi connectivity index (χ3v) is 12.7. The lowest BCUT2D eigenvalue weighted by Crippen LogP contribution is -2.49. The first kappa shape index (κ1) is 91.5. The van der Waals surface area contributed by atoms with Crippen molar-refractivity contribution in [3.05, 3.63) is 0 Å². The van der Waals surface area contributed by atoms with Gasteiger partial charge in [-0.15, -0.1) is 23.5 Å². The molecule has 3 atom stereocenters. The molecule has 0 aromatic carbocycles. The van der Waals surface area contributed by atoms with Crippen molar-refractivity contribution in [3.8, 4) is 0 Å². The summed E-state index contributed by atoms with van der Waals surface area (Å²) in [7, 11) is 0. The number of carbonyl (C=O) groups is 13. The van der Waals surface area contributed by atoms with E-state index in [0.29, 0.717) is 54.5 Å². The summed E-state index contributed by atoms with van der Waals surface area (Å²) in [5, 5.41) is 18.9. The van der Waals surface area contributed by atoms with Crippen LogP contribution in [-0.2, 0) is 110 Å². The first-order valence-corrected chi connectivity index (χ1v) is 33.8. The van der Waals surface area contributed by atoms with Gasteiger partial charge in [0.1, 0.15) is 32.5 Å². The molecule has 0 aromatic rings. The van der Waals surface area contributed by atoms with E-state index in [-0.39, 0.29) is 168 Å². The van der Waals surface area contributed by atoms with Crippen LogP contribution in [-0.4, -0.2) is 231 Å². The summed E-state index contributed by atoms with van der Waals surface area (Å²) in [4.78, 5) is 147. The van der Waals surface area contributed by atoms with Crippen molar-refractivity contribution in [2.24, 2.45) is 11.8 Å². The number of ether oxygens (including phenoxy) is 10. The maximum Gasteiger partial charge on any atom is 0.315 e. The lowest BCUT2D eigenvalue weighted by atomic mass is 10.0. The van der Waals surface area contributed by atoms with Gasteiger partial charge in [0.2, 0.25) is 23.6 Å². The van der Waals surface area contributed by atoms with Gasteiger partial charge in [-0.1, -0.05) is 50.3 Å². The van der Waals surface area contributed by atoms with E-state index in [2.05, 4.69) is 33.9 Å². The second-order valence-electron chi connectivity index (χ2n) is 20.7. The van der Waals surface area contributed by atoms with E-state index < -0.39 is 53.9 Å². The standard InChI is InChI=1S/C23H40N2O10S.C15H25IO8.C11H19NO4S.C9H17NO2S/c1-16(2)24-23(30)19(25-18(5)26)14-36-15-22(29)34-13-11-32-9-8-31-10-12-33-20(27)6-7-21(28)35-17(3)4;1-12(2)24-14(18)4-3-13(17)22-9-7-20-5-6-21-8-10-23-15(19)11-16;1-7(2)4-10(14)9(12-8(3)13)5-17-6-11(15)16;1-6(2)4-9(12)8(5-13)10-7(3)11/h16-17,19H,6-15H2,1-5H3,(H,24,30)(H,25,26);12H,3-11H2,1-2H3;7,9H,4-6H2,1-3H3,(H,12,13)(H,15,16);6,8,13H,4-5H2,1-3H3,(H,10,11)/t19-;;9-;8-/m0.00/s1. The van der Waals surface area contributed by atoms with Gasteiger partial charge in [-0.2, -0.15) is 12.6 Å². The molecule has 90 heavy (non-hydrogen) atoms. The molecule has 0 rings (SSSR count). The van der Waals surface area contributed by atoms with Crippen LogP contribution in [0.4, 0.5) is 0 Å². The number of carbonyl (C=O) groups excluding carboxylic acids is 12. The lowest BCUT2D eigenvalue weighted by molar-refractivity contribution is -0.153. The molecule has 0 aliphatic heterocycles. The number of amides is 4. The molecule has 522 valence electrons. The number of carboxylic acid groups (broad SMARTS) is 1. The fourth-order valence-electron chi connectivity index (χ4n) is 6.14. The Morgan fingerprint density at radius 3 is 1.09 bits per heavy atom. The van der Waals surface area contributed by atoms with Gasteiger partial charge in [-0.3, -0.25) is 62.3 Å². The third kappa shape index (κ3) is 67.5. The van der Waals surface area contributed by atoms with Gasteiger partial charge in [-0.05, 0) is 53.4 Å². The highest BCUT2D eigenvalue weighted by molar-refractivity contribution is 14.1. The Morgan fingerprint density at radius 2 is 0.744 bits per heavy atom. The molecule has 0 aliphatic rings. The van der Waals surface area contributed by atoms with E-state index in [9.17, 15) is 62.3 Å². The van der Waals surface area contributed by atoms with Gasteiger partial charge >= 0.3 is 41.8 Å². The number of nitrogens with one attached hydrogen (secondary N) is 4. The van der Waals surface area contributed by atoms with E-state index >= 15 is 0 Å². The number of carboxylic acids is 1. The van der Waals surface area contributed by atoms with Crippen LogP contribution in [0.1, 0.15) is 129 Å². The molecule has 0 heterocycles. The van der Waals surface area contributed by atoms with E-state index in [1.807, 2.05) is 64.1 Å². The van der Waals surface area contributed by atoms with E-state index in [1.54, 1.807) is 27.7 Å². The normalized spacial score (nSPS) is 11.6. The Morgan fingerprint density at radius 1 is 0.422 bits per heavy atom. The largest absolute Gasteiger partial charge is 0.481 e. The molecule has 28 nitrogen and oxygen atoms in total. The van der Waals surface area contributed by atoms with Crippen molar-refractivity contribution in [3.63, 3.8) is 0 Å². The molecule has 0 aromatic heterocycles. The van der Waals surface area contributed by atoms with Gasteiger partial charge in [0, 0.05) is 56.9 Å². The minimum atomic E-state index is -0.923. The number of thioether (sulfide) groups is 2. The SMILES string of the molecule is CC(=O)N[C@@H](CS)C(=O)CC(C)C.CC(=O)N[C@@H](CSCC(=O)O)C(=O)CC(C)C.CC(=O)N[C@@H](CSCC(=O)OCCOCCOCCOC(=O)CCC(=O)OC(C)C)C(=O)NC(C)C.CC(C)OC(=O)CCC(=O)OCCOCCOCCOC(=O)CI. The molecule has 0 saturated carbocycles. The van der Waals surface area contributed by atoms with Gasteiger partial charge in [-0.25, -0.2) is 0 Å². The summed E-state index contributed by atoms with van der Waals surface area (Å²) < 4.78 is 50.8. The van der Waals surface area contributed by atoms with Crippen LogP contribution in [0.25, 0.3) is 0 Å². The van der Waals surface area contributed by atoms with Crippen LogP contribution in [0.3, 0.4) is 0 Å². The number of alkyl halides is 1. The number of rotatable bonds is 47. The number of hydrogen-bond donors (Lipinski definition) is 6. The number of hydrogen-bond acceptors (Lipinski definition) is 26. The Bertz CT molecular complexity index is 2090. The monoisotopic (exact) mass is 1460 g/mol. The molecule has 0 bridgehead atoms. The highest BCUT2D eigenvalue weighted by Gasteiger charge is 2.23. The molecule has 0 radical (unpaired) electrons. The highest BCUT2D eigenvalue weighted by Crippen LogP contribution is 2.10. The summed E-state index contributed by atoms with van der Waals surface area (Å²) in [6.45, 7) is 25.1. The first-order chi connectivity index (χ1) is 42.3. The van der Waals surface area contributed by atoms with Crippen molar-refractivity contribution >= 4 is 136 Å². The fourth-order valence-corrected chi connectivity index (χ4v) is 8.29. The average molecular weight is 1460 g/mol. The zero-order valence-electron chi connectivity index (χ0n) is 54.6. The quantitative estimate of drug-likeness (QED) is 0.0126. The van der Waals surface area contributed by atoms with E-state index in [1.165, 1.54) is 32.5 Å². The Kier molecular flexibility index (Phi) is 61.4. The Labute approximate surface area is 557 Å². The van der Waals surface area contributed by atoms with Gasteiger partial charge in [0.25, 0.3) is 0 Å². The van der Waals surface area contributed by atoms with E-state index in [0.717, 1.165) is 11.8 Å². The molecule has 4 amide bonds. The number of thiol groups is 1. The molecular weight excluding hydrogens is 1360 g/mol. The van der Waals surface area contributed by atoms with Gasteiger partial charge in [0.15, 0.2) is 11.6 Å². The van der Waals surface area contributed by atoms with Crippen molar-refractivity contribution in [1.82, 2.24) is 21.3 Å². The molecule has 32 heteroatoms. The van der Waals surface area contributed by atoms with Crippen molar-refractivity contribution in [2.75, 3.05) is 112 Å². The molecular formula is C58H101IN4O24S3. The zero-order valence-corrected chi connectivity index (χ0v) is 59.3. The molecule has 5 N–H and O–H groups in total. The second kappa shape index (κ2) is 60.4. The number of Topliss-reactive ketones (excluding diaryl/α,β-unsaturated/α-hetero) is 2. The van der Waals surface area contributed by atoms with Crippen molar-refractivity contribution in [1.29, 1.82) is 0 Å². The summed E-state index contributed by atoms with van der Waals surface area (Å²) >= 11 is 8.26. The predicted octanol–water partition coefficient (Wildman–Crippen LogP) is 3.83. The molecule has 0 spiro atoms. The minimum absolute atomic E-state index is 0.00778. The maximum atomic E-state index is 12.1. The van der Waals surface area contributed by atoms with Crippen molar-refractivity contribution < 1.29 is 115 Å². The number of ketones is 2. The smallest absolute Gasteiger partial charge is 0.315 e. The maximum absolute atomic E-state index is 12.1. The summed E-state index contributed by atoms with van der Waals surface area (Å²) in [5.41, 5.74) is 0. The van der Waals surface area contributed by atoms with Crippen LogP contribution in [0, 0.1) is 11.8 Å². The molecule has 0 unspecified atom stereocenters. The number of halogens is 1. The minimum Gasteiger partial charge on any atom is -0.481 e. The average Bonchev–Trinajstić information content (AvgIpc) is 3.53. The van der Waals surface area contributed by atoms with E-state index in [4.69, 9.17) is 52.5 Å². The number of aliphatic carboxylic acids is 1. The Hall–Kier alpha value is -4.87. The van der Waals surface area contributed by atoms with Gasteiger partial charge in [0.05, 0.1) is 119 Å². The van der Waals surface area contributed by atoms with Crippen LogP contribution in [0.5, 0.6) is 0 Å². The van der Waals surface area contributed by atoms with Crippen LogP contribution < -0.4 is 21.3 Å². The molecule has 0 aliphatic carbocycles. The number of esters is 6. The summed E-state index contributed by atoms with van der Waals surface area (Å²) in [6, 6.07) is -1.81. The van der Waals surface area contributed by atoms with Crippen LogP contribution in [0.2, 0.25) is 0 Å². The topological polar surface area (TPSA) is 383 Å². The van der Waals surface area contributed by atoms with Gasteiger partial charge < -0.3 is 73.7 Å². The first-order valence-electron chi connectivity index (χ1n) is 29.3. The summed E-state index contributed by atoms with van der Waals surface area (Å²) in [5.74, 6) is -3.13. The molecule has 0 saturated heterocycles. The Balaban J connectivity index is -0.000000590. The van der Waals surface area contributed by atoms with Crippen LogP contribution in [0.15, 0.2) is 0 Å². The molecule has 0 fully saturated rings. The van der Waals surface area contributed by atoms with Crippen LogP contribution >= 0.6 is 58.7 Å². The predicted molar refractivity (Wildman–Crippen MR) is 348 cm³/mol. The fraction of sp³-hybridized carbons (Fsp3) is 0.776. The second-order valence-corrected chi connectivity index (χ2v) is 23.9. The highest BCUT2D eigenvalue weighted by atomic mass is 127. The third-order valence-electron chi connectivity index (χ3n) is 9.69.